The predicted molar refractivity (Wildman–Crippen MR) is 111 cm³/mol. The molecule has 1 N–H and O–H groups in total. The number of carbonyl (C=O) groups excluding carboxylic acids is 1. The molecule has 1 fully saturated rings. The number of carbonyl (C=O) groups is 1. The van der Waals surface area contributed by atoms with Gasteiger partial charge in [0.05, 0.1) is 0 Å². The molecule has 146 valence electrons. The average molecular weight is 368 g/mol. The van der Waals surface area contributed by atoms with Crippen LogP contribution in [0.15, 0.2) is 24.3 Å². The average Bonchev–Trinajstić information content (AvgIpc) is 3.00. The van der Waals surface area contributed by atoms with Gasteiger partial charge in [-0.15, -0.1) is 0 Å². The van der Waals surface area contributed by atoms with E-state index in [-0.39, 0.29) is 5.91 Å². The Labute approximate surface area is 163 Å². The third-order valence-electron chi connectivity index (χ3n) is 5.73. The molecule has 3 rings (SSSR count). The molecule has 0 unspecified atom stereocenters. The van der Waals surface area contributed by atoms with E-state index in [2.05, 4.69) is 48.0 Å². The van der Waals surface area contributed by atoms with Crippen molar-refractivity contribution in [3.63, 3.8) is 0 Å². The minimum Gasteiger partial charge on any atom is -0.351 e. The number of hydrogen-bond acceptors (Lipinski definition) is 2. The minimum atomic E-state index is -0.0447. The Hall–Kier alpha value is -2.10. The standard InChI is InChI=1S/C23H33N3O/c1-4-5-15-24-23(27)21-18(3)26(16-19-9-7-6-8-10-19)22(25-21)20-13-11-17(2)12-14-20/h11-14,19H,4-10,15-16H2,1-3H3,(H,24,27). The lowest BCUT2D eigenvalue weighted by Crippen LogP contribution is -2.25. The van der Waals surface area contributed by atoms with E-state index in [0.717, 1.165) is 36.5 Å². The van der Waals surface area contributed by atoms with Crippen molar-refractivity contribution in [2.75, 3.05) is 6.54 Å². The van der Waals surface area contributed by atoms with Crippen LogP contribution in [0.25, 0.3) is 11.4 Å². The van der Waals surface area contributed by atoms with Gasteiger partial charge in [0.15, 0.2) is 0 Å². The van der Waals surface area contributed by atoms with Crippen LogP contribution < -0.4 is 5.32 Å². The molecule has 4 nitrogen and oxygen atoms in total. The molecule has 0 aliphatic heterocycles. The van der Waals surface area contributed by atoms with Gasteiger partial charge < -0.3 is 9.88 Å². The van der Waals surface area contributed by atoms with E-state index < -0.39 is 0 Å². The number of benzene rings is 1. The molecule has 0 atom stereocenters. The van der Waals surface area contributed by atoms with Gasteiger partial charge in [-0.05, 0) is 39.0 Å². The van der Waals surface area contributed by atoms with E-state index in [1.54, 1.807) is 0 Å². The maximum absolute atomic E-state index is 12.7. The lowest BCUT2D eigenvalue weighted by molar-refractivity contribution is 0.0948. The van der Waals surface area contributed by atoms with Gasteiger partial charge in [-0.25, -0.2) is 4.98 Å². The summed E-state index contributed by atoms with van der Waals surface area (Å²) in [5.41, 5.74) is 3.90. The van der Waals surface area contributed by atoms with Gasteiger partial charge in [0.1, 0.15) is 11.5 Å². The molecule has 0 spiro atoms. The quantitative estimate of drug-likeness (QED) is 0.677. The molecule has 27 heavy (non-hydrogen) atoms. The molecule has 1 amide bonds. The van der Waals surface area contributed by atoms with Gasteiger partial charge in [-0.3, -0.25) is 4.79 Å². The normalized spacial score (nSPS) is 15.1. The van der Waals surface area contributed by atoms with E-state index in [0.29, 0.717) is 18.2 Å². The van der Waals surface area contributed by atoms with Crippen LogP contribution >= 0.6 is 0 Å². The van der Waals surface area contributed by atoms with E-state index >= 15 is 0 Å². The number of rotatable bonds is 7. The Bertz CT molecular complexity index is 755. The number of amides is 1. The molecule has 1 heterocycles. The van der Waals surface area contributed by atoms with Crippen LogP contribution in [-0.4, -0.2) is 22.0 Å². The van der Waals surface area contributed by atoms with Crippen LogP contribution in [0.2, 0.25) is 0 Å². The second kappa shape index (κ2) is 9.20. The van der Waals surface area contributed by atoms with E-state index in [4.69, 9.17) is 4.98 Å². The first-order valence-corrected chi connectivity index (χ1v) is 10.5. The topological polar surface area (TPSA) is 46.9 Å². The summed E-state index contributed by atoms with van der Waals surface area (Å²) in [7, 11) is 0. The maximum Gasteiger partial charge on any atom is 0.271 e. The zero-order valence-corrected chi connectivity index (χ0v) is 17.1. The van der Waals surface area contributed by atoms with Gasteiger partial charge in [0.2, 0.25) is 0 Å². The number of nitrogens with zero attached hydrogens (tertiary/aromatic N) is 2. The van der Waals surface area contributed by atoms with E-state index in [9.17, 15) is 4.79 Å². The molecule has 1 saturated carbocycles. The second-order valence-corrected chi connectivity index (χ2v) is 7.96. The van der Waals surface area contributed by atoms with Gasteiger partial charge in [0, 0.05) is 24.3 Å². The molecular weight excluding hydrogens is 334 g/mol. The molecular formula is C23H33N3O. The molecule has 4 heteroatoms. The van der Waals surface area contributed by atoms with E-state index in [1.807, 2.05) is 6.92 Å². The van der Waals surface area contributed by atoms with Crippen LogP contribution in [0, 0.1) is 19.8 Å². The van der Waals surface area contributed by atoms with Crippen LogP contribution in [-0.2, 0) is 6.54 Å². The van der Waals surface area contributed by atoms with Crippen LogP contribution in [0.4, 0.5) is 0 Å². The summed E-state index contributed by atoms with van der Waals surface area (Å²) in [6.07, 6.45) is 8.63. The lowest BCUT2D eigenvalue weighted by atomic mass is 9.89. The fourth-order valence-corrected chi connectivity index (χ4v) is 3.99. The number of unbranched alkanes of at least 4 members (excludes halogenated alkanes) is 1. The summed E-state index contributed by atoms with van der Waals surface area (Å²) in [5, 5.41) is 3.03. The van der Waals surface area contributed by atoms with Crippen molar-refractivity contribution in [2.45, 2.75) is 72.3 Å². The number of aromatic nitrogens is 2. The molecule has 0 bridgehead atoms. The highest BCUT2D eigenvalue weighted by Crippen LogP contribution is 2.29. The fraction of sp³-hybridized carbons (Fsp3) is 0.565. The zero-order chi connectivity index (χ0) is 19.2. The first-order chi connectivity index (χ1) is 13.1. The summed E-state index contributed by atoms with van der Waals surface area (Å²) < 4.78 is 2.29. The molecule has 0 saturated heterocycles. The fourth-order valence-electron chi connectivity index (χ4n) is 3.99. The van der Waals surface area contributed by atoms with Gasteiger partial charge in [-0.2, -0.15) is 0 Å². The Kier molecular flexibility index (Phi) is 6.70. The van der Waals surface area contributed by atoms with Crippen molar-refractivity contribution in [1.82, 2.24) is 14.9 Å². The number of hydrogen-bond donors (Lipinski definition) is 1. The Balaban J connectivity index is 1.92. The Morgan fingerprint density at radius 1 is 1.15 bits per heavy atom. The van der Waals surface area contributed by atoms with Gasteiger partial charge in [0.25, 0.3) is 5.91 Å². The third kappa shape index (κ3) is 4.79. The molecule has 2 aromatic rings. The smallest absolute Gasteiger partial charge is 0.271 e. The van der Waals surface area contributed by atoms with Crippen molar-refractivity contribution in [3.05, 3.63) is 41.2 Å². The highest BCUT2D eigenvalue weighted by Gasteiger charge is 2.23. The van der Waals surface area contributed by atoms with Crippen molar-refractivity contribution in [2.24, 2.45) is 5.92 Å². The Morgan fingerprint density at radius 2 is 1.85 bits per heavy atom. The molecule has 1 aromatic heterocycles. The SMILES string of the molecule is CCCCNC(=O)c1nc(-c2ccc(C)cc2)n(CC2CCCCC2)c1C. The first-order valence-electron chi connectivity index (χ1n) is 10.5. The summed E-state index contributed by atoms with van der Waals surface area (Å²) in [6, 6.07) is 8.47. The molecule has 0 radical (unpaired) electrons. The molecule has 1 aromatic carbocycles. The summed E-state index contributed by atoms with van der Waals surface area (Å²) >= 11 is 0. The third-order valence-corrected chi connectivity index (χ3v) is 5.73. The lowest BCUT2D eigenvalue weighted by Gasteiger charge is -2.23. The second-order valence-electron chi connectivity index (χ2n) is 7.96. The van der Waals surface area contributed by atoms with Gasteiger partial charge in [-0.1, -0.05) is 62.4 Å². The number of aryl methyl sites for hydroxylation is 1. The van der Waals surface area contributed by atoms with Crippen LogP contribution in [0.1, 0.15) is 73.6 Å². The minimum absolute atomic E-state index is 0.0447. The summed E-state index contributed by atoms with van der Waals surface area (Å²) in [6.45, 7) is 7.94. The van der Waals surface area contributed by atoms with Crippen molar-refractivity contribution in [3.8, 4) is 11.4 Å². The first kappa shape index (κ1) is 19.7. The maximum atomic E-state index is 12.7. The monoisotopic (exact) mass is 367 g/mol. The molecule has 1 aliphatic carbocycles. The summed E-state index contributed by atoms with van der Waals surface area (Å²) in [4.78, 5) is 17.5. The predicted octanol–water partition coefficient (Wildman–Crippen LogP) is 5.28. The van der Waals surface area contributed by atoms with Crippen LogP contribution in [0.3, 0.4) is 0 Å². The Morgan fingerprint density at radius 3 is 2.52 bits per heavy atom. The summed E-state index contributed by atoms with van der Waals surface area (Å²) in [5.74, 6) is 1.57. The molecule has 1 aliphatic rings. The van der Waals surface area contributed by atoms with Crippen LogP contribution in [0.5, 0.6) is 0 Å². The van der Waals surface area contributed by atoms with E-state index in [1.165, 1.54) is 37.7 Å². The number of nitrogens with one attached hydrogen (secondary N) is 1. The van der Waals surface area contributed by atoms with Crippen molar-refractivity contribution in [1.29, 1.82) is 0 Å². The number of imidazole rings is 1. The van der Waals surface area contributed by atoms with Crippen molar-refractivity contribution >= 4 is 5.91 Å². The van der Waals surface area contributed by atoms with Crippen molar-refractivity contribution < 1.29 is 4.79 Å². The highest BCUT2D eigenvalue weighted by molar-refractivity contribution is 5.94. The zero-order valence-electron chi connectivity index (χ0n) is 17.1. The van der Waals surface area contributed by atoms with Gasteiger partial charge >= 0.3 is 0 Å². The highest BCUT2D eigenvalue weighted by atomic mass is 16.1. The largest absolute Gasteiger partial charge is 0.351 e.